The van der Waals surface area contributed by atoms with Crippen molar-refractivity contribution >= 4 is 33.3 Å². The van der Waals surface area contributed by atoms with Crippen molar-refractivity contribution in [3.8, 4) is 11.1 Å². The Labute approximate surface area is 163 Å². The van der Waals surface area contributed by atoms with E-state index in [0.717, 1.165) is 0 Å². The number of aromatic nitrogens is 1. The third-order valence-electron chi connectivity index (χ3n) is 5.28. The molecule has 0 fully saturated rings. The summed E-state index contributed by atoms with van der Waals surface area (Å²) >= 11 is 0. The van der Waals surface area contributed by atoms with Crippen molar-refractivity contribution in [3.63, 3.8) is 0 Å². The minimum absolute atomic E-state index is 0.0650. The molecule has 0 bridgehead atoms. The lowest BCUT2D eigenvalue weighted by molar-refractivity contribution is -0.384. The number of nitrogens with zero attached hydrogens (tertiary/aromatic N) is 2. The van der Waals surface area contributed by atoms with Crippen molar-refractivity contribution < 1.29 is 14.1 Å². The normalized spacial score (nSPS) is 13.6. The number of carbonyl (C=O) groups excluding carboxylic acids is 1. The van der Waals surface area contributed by atoms with Crippen LogP contribution in [-0.4, -0.2) is 15.7 Å². The lowest BCUT2D eigenvalue weighted by Gasteiger charge is -2.20. The number of nitro benzene ring substituents is 1. The van der Waals surface area contributed by atoms with Crippen molar-refractivity contribution in [2.45, 2.75) is 19.3 Å². The number of carbonyl (C=O) groups is 1. The first kappa shape index (κ1) is 17.2. The topological polar surface area (TPSA) is 103 Å². The molecule has 1 aliphatic rings. The Kier molecular flexibility index (Phi) is 3.77. The summed E-state index contributed by atoms with van der Waals surface area (Å²) in [7, 11) is 0. The van der Waals surface area contributed by atoms with Gasteiger partial charge in [-0.05, 0) is 42.7 Å². The molecule has 2 aromatic carbocycles. The highest BCUT2D eigenvalue weighted by Crippen LogP contribution is 2.37. The second kappa shape index (κ2) is 6.34. The van der Waals surface area contributed by atoms with Gasteiger partial charge < -0.3 is 4.42 Å². The van der Waals surface area contributed by atoms with E-state index < -0.39 is 10.5 Å². The van der Waals surface area contributed by atoms with Gasteiger partial charge in [-0.3, -0.25) is 19.9 Å². The molecule has 2 aromatic heterocycles. The summed E-state index contributed by atoms with van der Waals surface area (Å²) in [5.74, 6) is -0.0819. The van der Waals surface area contributed by atoms with Crippen LogP contribution in [-0.2, 0) is 6.42 Å². The van der Waals surface area contributed by atoms with Crippen molar-refractivity contribution in [3.05, 3.63) is 80.3 Å². The number of nitro groups is 1. The van der Waals surface area contributed by atoms with Gasteiger partial charge in [0, 0.05) is 35.1 Å². The second-order valence-corrected chi connectivity index (χ2v) is 7.00. The number of para-hydroxylation sites is 1. The van der Waals surface area contributed by atoms with Crippen LogP contribution in [0.5, 0.6) is 0 Å². The average molecular weight is 386 g/mol. The highest BCUT2D eigenvalue weighted by molar-refractivity contribution is 6.15. The molecule has 0 saturated heterocycles. The molecule has 0 aliphatic heterocycles. The van der Waals surface area contributed by atoms with E-state index in [9.17, 15) is 19.7 Å². The summed E-state index contributed by atoms with van der Waals surface area (Å²) in [6.45, 7) is 0. The fourth-order valence-corrected chi connectivity index (χ4v) is 3.99. The van der Waals surface area contributed by atoms with E-state index in [2.05, 4.69) is 0 Å². The number of ketones is 1. The maximum atomic E-state index is 12.9. The largest absolute Gasteiger partial charge is 0.422 e. The number of hydrogen-bond donors (Lipinski definition) is 0. The molecule has 7 nitrogen and oxygen atoms in total. The zero-order valence-corrected chi connectivity index (χ0v) is 15.2. The quantitative estimate of drug-likeness (QED) is 0.218. The maximum absolute atomic E-state index is 12.9. The monoisotopic (exact) mass is 386 g/mol. The van der Waals surface area contributed by atoms with E-state index in [1.165, 1.54) is 12.1 Å². The lowest BCUT2D eigenvalue weighted by Crippen LogP contribution is -2.17. The van der Waals surface area contributed by atoms with E-state index in [4.69, 9.17) is 9.40 Å². The molecule has 0 amide bonds. The van der Waals surface area contributed by atoms with E-state index in [1.807, 2.05) is 12.1 Å². The molecule has 0 radical (unpaired) electrons. The molecule has 0 atom stereocenters. The summed E-state index contributed by atoms with van der Waals surface area (Å²) in [6.07, 6.45) is 1.70. The molecule has 2 heterocycles. The van der Waals surface area contributed by atoms with Crippen LogP contribution in [0.2, 0.25) is 0 Å². The van der Waals surface area contributed by atoms with Crippen LogP contribution in [0.4, 0.5) is 5.69 Å². The predicted octanol–water partition coefficient (Wildman–Crippen LogP) is 4.44. The fourth-order valence-electron chi connectivity index (χ4n) is 3.99. The number of hydrogen-bond acceptors (Lipinski definition) is 6. The van der Waals surface area contributed by atoms with Gasteiger partial charge in [0.15, 0.2) is 5.78 Å². The molecule has 0 spiro atoms. The molecule has 1 aliphatic carbocycles. The van der Waals surface area contributed by atoms with Crippen molar-refractivity contribution in [1.82, 2.24) is 4.98 Å². The molecule has 0 unspecified atom stereocenters. The summed E-state index contributed by atoms with van der Waals surface area (Å²) in [6, 6.07) is 13.0. The number of Topliss-reactive ketones (excluding diaryl/α,β-unsaturated/α-hetero) is 1. The van der Waals surface area contributed by atoms with Crippen LogP contribution in [0.1, 0.15) is 28.9 Å². The summed E-state index contributed by atoms with van der Waals surface area (Å²) in [4.78, 5) is 41.0. The lowest BCUT2D eigenvalue weighted by atomic mass is 9.86. The zero-order chi connectivity index (χ0) is 20.1. The predicted molar refractivity (Wildman–Crippen MR) is 107 cm³/mol. The van der Waals surface area contributed by atoms with Crippen LogP contribution in [0.15, 0.2) is 57.7 Å². The first-order valence-electron chi connectivity index (χ1n) is 9.21. The molecule has 4 aromatic rings. The number of benzene rings is 2. The van der Waals surface area contributed by atoms with Gasteiger partial charge in [0.1, 0.15) is 5.58 Å². The van der Waals surface area contributed by atoms with Crippen LogP contribution in [0.3, 0.4) is 0 Å². The summed E-state index contributed by atoms with van der Waals surface area (Å²) in [5, 5.41) is 11.9. The van der Waals surface area contributed by atoms with Crippen LogP contribution >= 0.6 is 0 Å². The van der Waals surface area contributed by atoms with Gasteiger partial charge in [-0.1, -0.05) is 12.1 Å². The molecular weight excluding hydrogens is 372 g/mol. The van der Waals surface area contributed by atoms with E-state index in [1.54, 1.807) is 24.3 Å². The standard InChI is InChI=1S/C22H14N2O5/c25-16-6-3-5-15-19(16)18(12-8-10-13(11-9-12)24(27)28)20-21(23-15)14-4-1-2-7-17(14)29-22(20)26/h1-2,4,7-11H,3,5-6H2. The third-order valence-corrected chi connectivity index (χ3v) is 5.28. The average Bonchev–Trinajstić information content (AvgIpc) is 2.73. The van der Waals surface area contributed by atoms with Gasteiger partial charge in [0.2, 0.25) is 0 Å². The number of pyridine rings is 1. The fraction of sp³-hybridized carbons (Fsp3) is 0.136. The second-order valence-electron chi connectivity index (χ2n) is 7.00. The first-order chi connectivity index (χ1) is 14.0. The van der Waals surface area contributed by atoms with Gasteiger partial charge >= 0.3 is 5.63 Å². The van der Waals surface area contributed by atoms with E-state index in [0.29, 0.717) is 58.1 Å². The minimum atomic E-state index is -0.583. The number of aryl methyl sites for hydroxylation is 1. The van der Waals surface area contributed by atoms with Crippen LogP contribution in [0, 0.1) is 10.1 Å². The van der Waals surface area contributed by atoms with Gasteiger partial charge in [-0.15, -0.1) is 0 Å². The Balaban J connectivity index is 1.96. The van der Waals surface area contributed by atoms with Crippen LogP contribution < -0.4 is 5.63 Å². The molecule has 0 saturated carbocycles. The minimum Gasteiger partial charge on any atom is -0.422 e. The molecule has 7 heteroatoms. The zero-order valence-electron chi connectivity index (χ0n) is 15.2. The molecule has 0 N–H and O–H groups in total. The smallest absolute Gasteiger partial charge is 0.346 e. The van der Waals surface area contributed by atoms with Gasteiger partial charge in [0.05, 0.1) is 21.5 Å². The Morgan fingerprint density at radius 1 is 0.966 bits per heavy atom. The van der Waals surface area contributed by atoms with E-state index >= 15 is 0 Å². The highest BCUT2D eigenvalue weighted by Gasteiger charge is 2.28. The SMILES string of the molecule is O=C1CCCc2nc3c(c(-c4ccc([N+](=O)[O-])cc4)c21)c(=O)oc1ccccc13. The van der Waals surface area contributed by atoms with Gasteiger partial charge in [-0.2, -0.15) is 0 Å². The Hall–Kier alpha value is -3.87. The third kappa shape index (κ3) is 2.62. The Bertz CT molecular complexity index is 1390. The van der Waals surface area contributed by atoms with Crippen LogP contribution in [0.25, 0.3) is 33.0 Å². The Morgan fingerprint density at radius 3 is 2.48 bits per heavy atom. The molecule has 29 heavy (non-hydrogen) atoms. The van der Waals surface area contributed by atoms with Crippen molar-refractivity contribution in [2.75, 3.05) is 0 Å². The summed E-state index contributed by atoms with van der Waals surface area (Å²) < 4.78 is 5.51. The first-order valence-corrected chi connectivity index (χ1v) is 9.21. The number of rotatable bonds is 2. The Morgan fingerprint density at radius 2 is 1.72 bits per heavy atom. The van der Waals surface area contributed by atoms with Crippen molar-refractivity contribution in [2.24, 2.45) is 0 Å². The van der Waals surface area contributed by atoms with Gasteiger partial charge in [-0.25, -0.2) is 4.79 Å². The highest BCUT2D eigenvalue weighted by atomic mass is 16.6. The van der Waals surface area contributed by atoms with Crippen molar-refractivity contribution in [1.29, 1.82) is 0 Å². The summed E-state index contributed by atoms with van der Waals surface area (Å²) in [5.41, 5.74) is 2.33. The number of non-ortho nitro benzene ring substituents is 1. The number of fused-ring (bicyclic) bond motifs is 4. The maximum Gasteiger partial charge on any atom is 0.346 e. The molecular formula is C22H14N2O5. The van der Waals surface area contributed by atoms with Gasteiger partial charge in [0.25, 0.3) is 5.69 Å². The molecule has 5 rings (SSSR count). The van der Waals surface area contributed by atoms with E-state index in [-0.39, 0.29) is 16.9 Å². The molecule has 142 valence electrons.